The summed E-state index contributed by atoms with van der Waals surface area (Å²) in [7, 11) is 0. The summed E-state index contributed by atoms with van der Waals surface area (Å²) in [5.74, 6) is 6.38. The Balaban J connectivity index is 1.45. The van der Waals surface area contributed by atoms with E-state index in [0.29, 0.717) is 25.4 Å². The smallest absolute Gasteiger partial charge is 0.176 e. The van der Waals surface area contributed by atoms with E-state index in [0.717, 1.165) is 6.42 Å². The average Bonchev–Trinajstić information content (AvgIpc) is 3.20. The topological polar surface area (TPSA) is 68.2 Å². The zero-order valence-corrected chi connectivity index (χ0v) is 15.9. The Hall–Kier alpha value is -1.58. The Kier molecular flexibility index (Phi) is 4.94. The fraction of sp³-hybridized carbons (Fsp3) is 0.636. The van der Waals surface area contributed by atoms with Crippen LogP contribution in [0.1, 0.15) is 26.7 Å². The van der Waals surface area contributed by atoms with E-state index in [1.165, 1.54) is 0 Å². The van der Waals surface area contributed by atoms with Crippen molar-refractivity contribution in [3.05, 3.63) is 30.3 Å². The molecule has 1 saturated heterocycles. The minimum absolute atomic E-state index is 0.105. The molecule has 0 radical (unpaired) electrons. The van der Waals surface area contributed by atoms with Crippen LogP contribution in [0.15, 0.2) is 30.3 Å². The summed E-state index contributed by atoms with van der Waals surface area (Å²) in [6, 6.07) is 9.36. The van der Waals surface area contributed by atoms with Crippen molar-refractivity contribution in [3.8, 4) is 17.6 Å². The van der Waals surface area contributed by atoms with Gasteiger partial charge in [-0.1, -0.05) is 43.9 Å². The molecule has 5 heteroatoms. The van der Waals surface area contributed by atoms with Gasteiger partial charge in [0.25, 0.3) is 0 Å². The van der Waals surface area contributed by atoms with Gasteiger partial charge in [0.05, 0.1) is 25.2 Å². The number of ether oxygens (including phenoxy) is 3. The lowest BCUT2D eigenvalue weighted by atomic mass is 9.42. The van der Waals surface area contributed by atoms with Crippen molar-refractivity contribution >= 4 is 0 Å². The number of rotatable bonds is 3. The van der Waals surface area contributed by atoms with Gasteiger partial charge in [-0.25, -0.2) is 0 Å². The van der Waals surface area contributed by atoms with Crippen LogP contribution in [0.4, 0.5) is 0 Å². The van der Waals surface area contributed by atoms with Crippen molar-refractivity contribution in [2.75, 3.05) is 19.8 Å². The van der Waals surface area contributed by atoms with Crippen LogP contribution < -0.4 is 4.74 Å². The lowest BCUT2D eigenvalue weighted by molar-refractivity contribution is -0.380. The fourth-order valence-corrected chi connectivity index (χ4v) is 5.49. The molecule has 2 aliphatic carbocycles. The summed E-state index contributed by atoms with van der Waals surface area (Å²) in [4.78, 5) is 0. The Labute approximate surface area is 160 Å². The van der Waals surface area contributed by atoms with Crippen LogP contribution in [0.2, 0.25) is 0 Å². The lowest BCUT2D eigenvalue weighted by Gasteiger charge is -2.68. The molecule has 0 aromatic heterocycles. The molecule has 4 rings (SSSR count). The van der Waals surface area contributed by atoms with E-state index in [9.17, 15) is 10.2 Å². The van der Waals surface area contributed by atoms with E-state index < -0.39 is 18.0 Å². The highest BCUT2D eigenvalue weighted by Gasteiger charge is 2.74. The molecule has 3 fully saturated rings. The van der Waals surface area contributed by atoms with Gasteiger partial charge in [0, 0.05) is 11.3 Å². The maximum atomic E-state index is 10.6. The normalized spacial score (nSPS) is 37.6. The van der Waals surface area contributed by atoms with Crippen LogP contribution in [0.5, 0.6) is 5.75 Å². The molecule has 5 nitrogen and oxygen atoms in total. The first-order valence-corrected chi connectivity index (χ1v) is 9.81. The van der Waals surface area contributed by atoms with Crippen molar-refractivity contribution < 1.29 is 24.4 Å². The summed E-state index contributed by atoms with van der Waals surface area (Å²) in [5.41, 5.74) is -0.146. The molecule has 0 bridgehead atoms. The maximum Gasteiger partial charge on any atom is 0.176 e. The van der Waals surface area contributed by atoms with Gasteiger partial charge in [-0.2, -0.15) is 0 Å². The summed E-state index contributed by atoms with van der Waals surface area (Å²) in [5, 5.41) is 20.8. The first-order chi connectivity index (χ1) is 13.0. The van der Waals surface area contributed by atoms with Crippen molar-refractivity contribution in [1.29, 1.82) is 0 Å². The Morgan fingerprint density at radius 2 is 1.96 bits per heavy atom. The van der Waals surface area contributed by atoms with Crippen LogP contribution in [0, 0.1) is 35.0 Å². The van der Waals surface area contributed by atoms with Gasteiger partial charge < -0.3 is 24.4 Å². The molecule has 6 atom stereocenters. The fourth-order valence-electron chi connectivity index (χ4n) is 5.49. The molecule has 1 aromatic carbocycles. The third kappa shape index (κ3) is 2.96. The number of fused-ring (bicyclic) bond motifs is 2. The molecule has 1 spiro atoms. The average molecular weight is 372 g/mol. The van der Waals surface area contributed by atoms with E-state index in [4.69, 9.17) is 14.2 Å². The number of para-hydroxylation sites is 1. The molecule has 2 N–H and O–H groups in total. The predicted octanol–water partition coefficient (Wildman–Crippen LogP) is 2.22. The SMILES string of the molecule is CC1[C@H]2[C@H](C#C[C@H](O)COc3ccccc3)[C@@H](O)CC[C@@]2(C)C12OCCO2. The molecular weight excluding hydrogens is 344 g/mol. The van der Waals surface area contributed by atoms with Crippen LogP contribution in [0.25, 0.3) is 0 Å². The van der Waals surface area contributed by atoms with Crippen molar-refractivity contribution in [1.82, 2.24) is 0 Å². The number of aliphatic hydroxyl groups excluding tert-OH is 2. The highest BCUT2D eigenvalue weighted by Crippen LogP contribution is 2.69. The van der Waals surface area contributed by atoms with Crippen LogP contribution in [-0.4, -0.2) is 48.0 Å². The zero-order valence-electron chi connectivity index (χ0n) is 15.9. The molecule has 1 aromatic rings. The highest BCUT2D eigenvalue weighted by atomic mass is 16.7. The number of benzene rings is 1. The van der Waals surface area contributed by atoms with Gasteiger partial charge >= 0.3 is 0 Å². The molecule has 0 amide bonds. The van der Waals surface area contributed by atoms with E-state index >= 15 is 0 Å². The summed E-state index contributed by atoms with van der Waals surface area (Å²) < 4.78 is 17.6. The quantitative estimate of drug-likeness (QED) is 0.797. The number of hydrogen-bond acceptors (Lipinski definition) is 5. The van der Waals surface area contributed by atoms with Gasteiger partial charge in [-0.15, -0.1) is 0 Å². The molecule has 27 heavy (non-hydrogen) atoms. The van der Waals surface area contributed by atoms with E-state index in [-0.39, 0.29) is 29.8 Å². The first-order valence-electron chi connectivity index (χ1n) is 9.81. The molecule has 2 saturated carbocycles. The van der Waals surface area contributed by atoms with Gasteiger partial charge in [-0.05, 0) is 30.9 Å². The third-order valence-electron chi connectivity index (χ3n) is 6.71. The second kappa shape index (κ2) is 7.10. The van der Waals surface area contributed by atoms with Gasteiger partial charge in [0.1, 0.15) is 18.5 Å². The highest BCUT2D eigenvalue weighted by molar-refractivity contribution is 5.24. The number of aliphatic hydroxyl groups is 2. The summed E-state index contributed by atoms with van der Waals surface area (Å²) in [6.07, 6.45) is 0.151. The molecular formula is C22H28O5. The number of hydrogen-bond donors (Lipinski definition) is 2. The molecule has 1 unspecified atom stereocenters. The standard InChI is InChI=1S/C22H28O5/c1-15-20-18(9-8-16(23)14-25-17-6-4-3-5-7-17)19(24)10-11-21(20,2)22(15)26-12-13-27-22/h3-7,15-16,18-20,23-24H,10-14H2,1-2H3/t15?,16-,18+,19-,20-,21+/m0/s1. The third-order valence-corrected chi connectivity index (χ3v) is 6.71. The van der Waals surface area contributed by atoms with Crippen LogP contribution in [0.3, 0.4) is 0 Å². The lowest BCUT2D eigenvalue weighted by Crippen LogP contribution is -2.73. The second-order valence-electron chi connectivity index (χ2n) is 8.16. The minimum Gasteiger partial charge on any atom is -0.490 e. The minimum atomic E-state index is -0.895. The molecule has 3 aliphatic rings. The van der Waals surface area contributed by atoms with E-state index in [2.05, 4.69) is 25.7 Å². The van der Waals surface area contributed by atoms with Crippen LogP contribution >= 0.6 is 0 Å². The van der Waals surface area contributed by atoms with Crippen molar-refractivity contribution in [2.45, 2.75) is 44.7 Å². The van der Waals surface area contributed by atoms with Crippen molar-refractivity contribution in [3.63, 3.8) is 0 Å². The Bertz CT molecular complexity index is 717. The van der Waals surface area contributed by atoms with E-state index in [1.54, 1.807) is 0 Å². The van der Waals surface area contributed by atoms with Crippen molar-refractivity contribution in [2.24, 2.45) is 23.2 Å². The van der Waals surface area contributed by atoms with E-state index in [1.807, 2.05) is 30.3 Å². The summed E-state index contributed by atoms with van der Waals surface area (Å²) >= 11 is 0. The second-order valence-corrected chi connectivity index (χ2v) is 8.16. The van der Waals surface area contributed by atoms with Gasteiger partial charge in [0.15, 0.2) is 5.79 Å². The largest absolute Gasteiger partial charge is 0.490 e. The predicted molar refractivity (Wildman–Crippen MR) is 99.8 cm³/mol. The summed E-state index contributed by atoms with van der Waals surface area (Å²) in [6.45, 7) is 5.67. The monoisotopic (exact) mass is 372 g/mol. The zero-order chi connectivity index (χ0) is 19.1. The first kappa shape index (κ1) is 18.8. The molecule has 1 aliphatic heterocycles. The molecule has 146 valence electrons. The maximum absolute atomic E-state index is 10.6. The van der Waals surface area contributed by atoms with Gasteiger partial charge in [0.2, 0.25) is 0 Å². The van der Waals surface area contributed by atoms with Gasteiger partial charge in [-0.3, -0.25) is 0 Å². The Morgan fingerprint density at radius 1 is 1.26 bits per heavy atom. The van der Waals surface area contributed by atoms with Crippen LogP contribution in [-0.2, 0) is 9.47 Å². The molecule has 1 heterocycles. The Morgan fingerprint density at radius 3 is 2.67 bits per heavy atom.